The van der Waals surface area contributed by atoms with Crippen LogP contribution in [0.5, 0.6) is 0 Å². The Hall–Kier alpha value is -0.0000000000000000416. The summed E-state index contributed by atoms with van der Waals surface area (Å²) < 4.78 is 46.3. The first-order valence-electron chi connectivity index (χ1n) is 7.48. The minimum absolute atomic E-state index is 0.00480. The van der Waals surface area contributed by atoms with Crippen molar-refractivity contribution < 1.29 is 27.2 Å². The average Bonchev–Trinajstić information content (AvgIpc) is 2.39. The molecular weight excluding hydrogens is 328 g/mol. The van der Waals surface area contributed by atoms with E-state index in [1.807, 2.05) is 0 Å². The third kappa shape index (κ3) is 8.59. The highest BCUT2D eigenvalue weighted by atomic mass is 31.2. The van der Waals surface area contributed by atoms with Crippen LogP contribution < -0.4 is 0 Å². The first kappa shape index (κ1) is 22.0. The van der Waals surface area contributed by atoms with Crippen LogP contribution in [0.3, 0.4) is 0 Å². The molecule has 9 heteroatoms. The minimum atomic E-state index is -3.28. The molecule has 7 nitrogen and oxygen atoms in total. The van der Waals surface area contributed by atoms with Crippen LogP contribution in [0.1, 0.15) is 27.7 Å². The summed E-state index contributed by atoms with van der Waals surface area (Å²) in [4.78, 5) is 1.66. The molecule has 0 unspecified atom stereocenters. The smallest absolute Gasteiger partial charge is 0.308 e. The summed E-state index contributed by atoms with van der Waals surface area (Å²) >= 11 is 0. The lowest BCUT2D eigenvalue weighted by atomic mass is 10.6. The van der Waals surface area contributed by atoms with Crippen molar-refractivity contribution in [2.24, 2.45) is 0 Å². The third-order valence-electron chi connectivity index (χ3n) is 2.44. The molecule has 0 aliphatic heterocycles. The van der Waals surface area contributed by atoms with Crippen LogP contribution in [0.4, 0.5) is 0 Å². The number of hydrogen-bond donors (Lipinski definition) is 0. The van der Waals surface area contributed by atoms with Gasteiger partial charge in [-0.1, -0.05) is 6.08 Å². The highest BCUT2D eigenvalue weighted by Gasteiger charge is 2.32. The van der Waals surface area contributed by atoms with Crippen molar-refractivity contribution in [2.75, 3.05) is 45.5 Å². The summed E-state index contributed by atoms with van der Waals surface area (Å²) in [6, 6.07) is 0. The summed E-state index contributed by atoms with van der Waals surface area (Å²) in [5.74, 6) is 0. The Balaban J connectivity index is 5.06. The van der Waals surface area contributed by atoms with Gasteiger partial charge in [0.2, 0.25) is 0 Å². The fourth-order valence-corrected chi connectivity index (χ4v) is 5.48. The van der Waals surface area contributed by atoms with Crippen molar-refractivity contribution >= 4 is 15.2 Å². The molecule has 0 aliphatic rings. The molecule has 0 radical (unpaired) electrons. The van der Waals surface area contributed by atoms with E-state index in [9.17, 15) is 9.13 Å². The van der Waals surface area contributed by atoms with Crippen LogP contribution in [0.15, 0.2) is 12.7 Å². The largest absolute Gasteiger partial charge is 0.344 e. The Morgan fingerprint density at radius 1 is 0.818 bits per heavy atom. The molecular formula is C13H29NO6P2. The van der Waals surface area contributed by atoms with Crippen molar-refractivity contribution in [3.05, 3.63) is 12.7 Å². The first-order valence-corrected chi connectivity index (χ1v) is 10.9. The van der Waals surface area contributed by atoms with Gasteiger partial charge in [0.05, 0.1) is 26.4 Å². The maximum absolute atomic E-state index is 12.6. The van der Waals surface area contributed by atoms with E-state index in [1.54, 1.807) is 38.7 Å². The van der Waals surface area contributed by atoms with Crippen LogP contribution >= 0.6 is 15.2 Å². The summed E-state index contributed by atoms with van der Waals surface area (Å²) in [6.07, 6.45) is 1.64. The van der Waals surface area contributed by atoms with Crippen LogP contribution in [-0.2, 0) is 27.2 Å². The Morgan fingerprint density at radius 2 is 1.14 bits per heavy atom. The van der Waals surface area contributed by atoms with E-state index in [1.165, 1.54) is 0 Å². The molecule has 0 fully saturated rings. The molecule has 0 aromatic rings. The second-order valence-corrected chi connectivity index (χ2v) is 8.36. The zero-order chi connectivity index (χ0) is 17.1. The van der Waals surface area contributed by atoms with Gasteiger partial charge in [0.15, 0.2) is 0 Å². The quantitative estimate of drug-likeness (QED) is 0.344. The molecule has 0 atom stereocenters. The average molecular weight is 357 g/mol. The maximum Gasteiger partial charge on any atom is 0.344 e. The maximum atomic E-state index is 12.6. The molecule has 0 N–H and O–H groups in total. The van der Waals surface area contributed by atoms with Crippen LogP contribution in [0.25, 0.3) is 0 Å². The van der Waals surface area contributed by atoms with Gasteiger partial charge in [0.25, 0.3) is 0 Å². The molecule has 0 bridgehead atoms. The van der Waals surface area contributed by atoms with Gasteiger partial charge in [-0.25, -0.2) is 0 Å². The SMILES string of the molecule is C=CCN(CP(=O)(OCC)OCC)CP(=O)(OCC)OCC. The van der Waals surface area contributed by atoms with E-state index in [2.05, 4.69) is 6.58 Å². The predicted octanol–water partition coefficient (Wildman–Crippen LogP) is 3.92. The number of rotatable bonds is 14. The lowest BCUT2D eigenvalue weighted by Crippen LogP contribution is -2.28. The van der Waals surface area contributed by atoms with Gasteiger partial charge < -0.3 is 18.1 Å². The van der Waals surface area contributed by atoms with Gasteiger partial charge in [-0.3, -0.25) is 14.0 Å². The molecule has 0 amide bonds. The summed E-state index contributed by atoms with van der Waals surface area (Å²) in [7, 11) is -6.57. The van der Waals surface area contributed by atoms with Gasteiger partial charge in [-0.05, 0) is 27.7 Å². The van der Waals surface area contributed by atoms with Gasteiger partial charge in [-0.15, -0.1) is 6.58 Å². The highest BCUT2D eigenvalue weighted by molar-refractivity contribution is 7.54. The highest BCUT2D eigenvalue weighted by Crippen LogP contribution is 2.52. The molecule has 0 aromatic carbocycles. The molecule has 132 valence electrons. The van der Waals surface area contributed by atoms with Crippen molar-refractivity contribution in [1.82, 2.24) is 4.90 Å². The standard InChI is InChI=1S/C13H29NO6P2/c1-6-11-14(12-21(15,17-7-2)18-8-3)13-22(16,19-9-4)20-10-5/h6H,1,7-13H2,2-5H3. The van der Waals surface area contributed by atoms with Crippen molar-refractivity contribution in [3.63, 3.8) is 0 Å². The zero-order valence-corrected chi connectivity index (χ0v) is 15.8. The lowest BCUT2D eigenvalue weighted by molar-refractivity contribution is 0.188. The van der Waals surface area contributed by atoms with Gasteiger partial charge in [0.1, 0.15) is 12.6 Å². The van der Waals surface area contributed by atoms with Crippen LogP contribution in [-0.4, -0.2) is 50.4 Å². The van der Waals surface area contributed by atoms with E-state index in [0.717, 1.165) is 0 Å². The third-order valence-corrected chi connectivity index (χ3v) is 6.54. The van der Waals surface area contributed by atoms with Crippen molar-refractivity contribution in [3.8, 4) is 0 Å². The fourth-order valence-electron chi connectivity index (χ4n) is 1.86. The topological polar surface area (TPSA) is 74.3 Å². The van der Waals surface area contributed by atoms with E-state index in [4.69, 9.17) is 18.1 Å². The van der Waals surface area contributed by atoms with Crippen molar-refractivity contribution in [1.29, 1.82) is 0 Å². The number of hydrogen-bond acceptors (Lipinski definition) is 7. The molecule has 0 aliphatic carbocycles. The van der Waals surface area contributed by atoms with E-state index in [0.29, 0.717) is 6.54 Å². The molecule has 0 saturated heterocycles. The summed E-state index contributed by atoms with van der Waals surface area (Å²) in [5, 5.41) is 0. The van der Waals surface area contributed by atoms with Crippen LogP contribution in [0.2, 0.25) is 0 Å². The molecule has 22 heavy (non-hydrogen) atoms. The first-order chi connectivity index (χ1) is 10.4. The second kappa shape index (κ2) is 11.5. The molecule has 0 saturated carbocycles. The molecule has 0 aromatic heterocycles. The Labute approximate surface area is 134 Å². The molecule has 0 heterocycles. The van der Waals surface area contributed by atoms with E-state index >= 15 is 0 Å². The monoisotopic (exact) mass is 357 g/mol. The number of nitrogens with zero attached hydrogens (tertiary/aromatic N) is 1. The van der Waals surface area contributed by atoms with E-state index < -0.39 is 15.2 Å². The van der Waals surface area contributed by atoms with Crippen LogP contribution in [0, 0.1) is 0 Å². The van der Waals surface area contributed by atoms with Gasteiger partial charge in [0, 0.05) is 6.54 Å². The Kier molecular flexibility index (Phi) is 11.5. The second-order valence-electron chi connectivity index (χ2n) is 4.32. The van der Waals surface area contributed by atoms with Gasteiger partial charge in [-0.2, -0.15) is 0 Å². The van der Waals surface area contributed by atoms with Gasteiger partial charge >= 0.3 is 15.2 Å². The Bertz CT molecular complexity index is 352. The fraction of sp³-hybridized carbons (Fsp3) is 0.846. The summed E-state index contributed by atoms with van der Waals surface area (Å²) in [5.41, 5.74) is 0. The predicted molar refractivity (Wildman–Crippen MR) is 88.4 cm³/mol. The van der Waals surface area contributed by atoms with E-state index in [-0.39, 0.29) is 39.0 Å². The summed E-state index contributed by atoms with van der Waals surface area (Å²) in [6.45, 7) is 12.1. The zero-order valence-electron chi connectivity index (χ0n) is 14.0. The minimum Gasteiger partial charge on any atom is -0.308 e. The lowest BCUT2D eigenvalue weighted by Gasteiger charge is -2.28. The molecule has 0 spiro atoms. The van der Waals surface area contributed by atoms with Crippen molar-refractivity contribution in [2.45, 2.75) is 27.7 Å². The normalized spacial score (nSPS) is 12.8. The molecule has 0 rings (SSSR count). The Morgan fingerprint density at radius 3 is 1.36 bits per heavy atom.